The Morgan fingerprint density at radius 2 is 2.05 bits per heavy atom. The van der Waals surface area contributed by atoms with Crippen LogP contribution in [0.4, 0.5) is 0 Å². The van der Waals surface area contributed by atoms with Gasteiger partial charge in [0.15, 0.2) is 0 Å². The summed E-state index contributed by atoms with van der Waals surface area (Å²) in [6.45, 7) is 6.72. The molecule has 1 aromatic carbocycles. The van der Waals surface area contributed by atoms with Crippen molar-refractivity contribution in [2.24, 2.45) is 5.92 Å². The van der Waals surface area contributed by atoms with Crippen molar-refractivity contribution in [2.45, 2.75) is 40.0 Å². The van der Waals surface area contributed by atoms with Crippen LogP contribution in [0.3, 0.4) is 0 Å². The van der Waals surface area contributed by atoms with Crippen LogP contribution < -0.4 is 0 Å². The van der Waals surface area contributed by atoms with E-state index in [-0.39, 0.29) is 0 Å². The monoisotopic (exact) mass is 250 g/mol. The van der Waals surface area contributed by atoms with Crippen LogP contribution in [0.5, 0.6) is 0 Å². The minimum Gasteiger partial charge on any atom is -0.0838 e. The first-order valence-electron chi connectivity index (χ1n) is 7.38. The van der Waals surface area contributed by atoms with E-state index in [0.717, 1.165) is 0 Å². The second kappa shape index (κ2) is 4.85. The molecular formula is C19H22. The Morgan fingerprint density at radius 3 is 2.79 bits per heavy atom. The maximum atomic E-state index is 2.45. The van der Waals surface area contributed by atoms with Crippen LogP contribution in [0.1, 0.15) is 44.2 Å². The fourth-order valence-corrected chi connectivity index (χ4v) is 3.51. The number of hydrogen-bond acceptors (Lipinski definition) is 0. The Labute approximate surface area is 116 Å². The average Bonchev–Trinajstić information content (AvgIpc) is 2.76. The van der Waals surface area contributed by atoms with Gasteiger partial charge in [0, 0.05) is 5.92 Å². The van der Waals surface area contributed by atoms with Gasteiger partial charge in [0.1, 0.15) is 0 Å². The summed E-state index contributed by atoms with van der Waals surface area (Å²) < 4.78 is 0. The topological polar surface area (TPSA) is 0 Å². The lowest BCUT2D eigenvalue weighted by molar-refractivity contribution is 0.710. The van der Waals surface area contributed by atoms with Crippen molar-refractivity contribution in [3.63, 3.8) is 0 Å². The van der Waals surface area contributed by atoms with Crippen LogP contribution in [0.2, 0.25) is 0 Å². The molecule has 0 saturated heterocycles. The van der Waals surface area contributed by atoms with Gasteiger partial charge in [-0.3, -0.25) is 0 Å². The maximum Gasteiger partial charge on any atom is 0.00350 e. The van der Waals surface area contributed by atoms with Crippen LogP contribution in [-0.4, -0.2) is 0 Å². The van der Waals surface area contributed by atoms with Gasteiger partial charge >= 0.3 is 0 Å². The Hall–Kier alpha value is -1.56. The first kappa shape index (κ1) is 12.5. The zero-order valence-corrected chi connectivity index (χ0v) is 12.2. The predicted octanol–water partition coefficient (Wildman–Crippen LogP) is 5.45. The van der Waals surface area contributed by atoms with E-state index in [1.807, 2.05) is 0 Å². The number of benzene rings is 1. The first-order chi connectivity index (χ1) is 9.20. The van der Waals surface area contributed by atoms with Gasteiger partial charge in [0.05, 0.1) is 0 Å². The zero-order valence-electron chi connectivity index (χ0n) is 12.2. The van der Waals surface area contributed by atoms with E-state index in [0.29, 0.717) is 5.92 Å². The number of hydrogen-bond donors (Lipinski definition) is 0. The van der Waals surface area contributed by atoms with Crippen molar-refractivity contribution in [2.75, 3.05) is 0 Å². The fraction of sp³-hybridized carbons (Fsp3) is 0.368. The molecule has 19 heavy (non-hydrogen) atoms. The number of aryl methyl sites for hydroxylation is 1. The van der Waals surface area contributed by atoms with Gasteiger partial charge in [0.2, 0.25) is 0 Å². The van der Waals surface area contributed by atoms with Gasteiger partial charge in [-0.05, 0) is 55.4 Å². The Kier molecular flexibility index (Phi) is 3.18. The molecule has 1 unspecified atom stereocenters. The van der Waals surface area contributed by atoms with E-state index in [1.54, 1.807) is 11.1 Å². The molecule has 0 saturated carbocycles. The van der Waals surface area contributed by atoms with Gasteiger partial charge in [-0.1, -0.05) is 54.5 Å². The summed E-state index contributed by atoms with van der Waals surface area (Å²) in [4.78, 5) is 0. The molecule has 0 heterocycles. The van der Waals surface area contributed by atoms with E-state index >= 15 is 0 Å². The Bertz CT molecular complexity index is 596. The lowest BCUT2D eigenvalue weighted by Gasteiger charge is -2.21. The van der Waals surface area contributed by atoms with Gasteiger partial charge in [-0.2, -0.15) is 0 Å². The quantitative estimate of drug-likeness (QED) is 0.621. The molecule has 2 aliphatic rings. The lowest BCUT2D eigenvalue weighted by atomic mass is 9.84. The lowest BCUT2D eigenvalue weighted by Crippen LogP contribution is -2.04. The van der Waals surface area contributed by atoms with Crippen LogP contribution >= 0.6 is 0 Å². The highest BCUT2D eigenvalue weighted by molar-refractivity contribution is 5.79. The third-order valence-corrected chi connectivity index (χ3v) is 4.57. The minimum atomic E-state index is 0.590. The molecule has 0 N–H and O–H groups in total. The third kappa shape index (κ3) is 2.10. The number of allylic oxidation sites excluding steroid dienone is 6. The smallest absolute Gasteiger partial charge is 0.00350 e. The van der Waals surface area contributed by atoms with Crippen LogP contribution in [-0.2, 0) is 0 Å². The molecule has 0 fully saturated rings. The van der Waals surface area contributed by atoms with E-state index in [4.69, 9.17) is 0 Å². The van der Waals surface area contributed by atoms with Gasteiger partial charge < -0.3 is 0 Å². The summed E-state index contributed by atoms with van der Waals surface area (Å²) in [6.07, 6.45) is 8.59. The number of rotatable bonds is 1. The predicted molar refractivity (Wildman–Crippen MR) is 83.0 cm³/mol. The molecule has 0 aromatic heterocycles. The molecule has 0 nitrogen and oxygen atoms in total. The van der Waals surface area contributed by atoms with E-state index in [1.165, 1.54) is 41.5 Å². The third-order valence-electron chi connectivity index (χ3n) is 4.57. The zero-order chi connectivity index (χ0) is 13.4. The summed E-state index contributed by atoms with van der Waals surface area (Å²) in [5, 5.41) is 0. The molecule has 98 valence electrons. The van der Waals surface area contributed by atoms with Crippen molar-refractivity contribution < 1.29 is 0 Å². The minimum absolute atomic E-state index is 0.590. The largest absolute Gasteiger partial charge is 0.0838 e. The van der Waals surface area contributed by atoms with Crippen LogP contribution in [0.15, 0.2) is 53.1 Å². The summed E-state index contributed by atoms with van der Waals surface area (Å²) in [5.74, 6) is 0.590. The van der Waals surface area contributed by atoms with Crippen molar-refractivity contribution in [1.29, 1.82) is 0 Å². The van der Waals surface area contributed by atoms with Crippen LogP contribution in [0.25, 0.3) is 5.57 Å². The molecule has 0 amide bonds. The second-order valence-corrected chi connectivity index (χ2v) is 5.80. The van der Waals surface area contributed by atoms with Crippen LogP contribution in [0, 0.1) is 12.8 Å². The highest BCUT2D eigenvalue weighted by Crippen LogP contribution is 2.46. The molecule has 0 bridgehead atoms. The van der Waals surface area contributed by atoms with Crippen molar-refractivity contribution in [3.05, 3.63) is 64.3 Å². The summed E-state index contributed by atoms with van der Waals surface area (Å²) in [5.41, 5.74) is 9.01. The maximum absolute atomic E-state index is 2.45. The van der Waals surface area contributed by atoms with Gasteiger partial charge in [-0.25, -0.2) is 0 Å². The summed E-state index contributed by atoms with van der Waals surface area (Å²) >= 11 is 0. The molecule has 1 atom stereocenters. The first-order valence-corrected chi connectivity index (χ1v) is 7.38. The molecular weight excluding hydrogens is 228 g/mol. The molecule has 0 heteroatoms. The highest BCUT2D eigenvalue weighted by Gasteiger charge is 2.28. The highest BCUT2D eigenvalue weighted by atomic mass is 14.3. The molecule has 2 aliphatic carbocycles. The van der Waals surface area contributed by atoms with Crippen molar-refractivity contribution in [1.82, 2.24) is 0 Å². The molecule has 3 rings (SSSR count). The summed E-state index contributed by atoms with van der Waals surface area (Å²) in [6, 6.07) is 8.92. The van der Waals surface area contributed by atoms with Crippen molar-refractivity contribution in [3.8, 4) is 0 Å². The van der Waals surface area contributed by atoms with E-state index in [9.17, 15) is 0 Å². The van der Waals surface area contributed by atoms with Gasteiger partial charge in [0.25, 0.3) is 0 Å². The standard InChI is InChI=1S/C19H22/c1-4-15-8-6-10-17-14(3)18(12-19(15)17)16-9-5-7-13(2)11-16/h4-5,7,9,11-12,14H,6,8,10H2,1-3H3. The normalized spacial score (nSPS) is 24.7. The molecule has 0 radical (unpaired) electrons. The fourth-order valence-electron chi connectivity index (χ4n) is 3.51. The summed E-state index contributed by atoms with van der Waals surface area (Å²) in [7, 11) is 0. The van der Waals surface area contributed by atoms with Crippen molar-refractivity contribution >= 4 is 5.57 Å². The molecule has 0 aliphatic heterocycles. The Balaban J connectivity index is 2.03. The van der Waals surface area contributed by atoms with E-state index in [2.05, 4.69) is 57.2 Å². The average molecular weight is 250 g/mol. The van der Waals surface area contributed by atoms with Gasteiger partial charge in [-0.15, -0.1) is 0 Å². The molecule has 0 spiro atoms. The van der Waals surface area contributed by atoms with E-state index < -0.39 is 0 Å². The Morgan fingerprint density at radius 1 is 1.21 bits per heavy atom. The second-order valence-electron chi connectivity index (χ2n) is 5.80. The SMILES string of the molecule is CC=C1CCCC2=C1C=C(c1cccc(C)c1)C2C. The molecule has 1 aromatic rings.